The van der Waals surface area contributed by atoms with E-state index in [4.69, 9.17) is 0 Å². The number of aromatic amines is 1. The highest BCUT2D eigenvalue weighted by Crippen LogP contribution is 2.11. The van der Waals surface area contributed by atoms with Gasteiger partial charge in [0.05, 0.1) is 12.4 Å². The lowest BCUT2D eigenvalue weighted by molar-refractivity contribution is 0.103. The number of amides is 1. The van der Waals surface area contributed by atoms with Crippen LogP contribution in [0.1, 0.15) is 15.2 Å². The molecule has 0 saturated heterocycles. The maximum Gasteiger partial charge on any atom is 0.270 e. The summed E-state index contributed by atoms with van der Waals surface area (Å²) in [6, 6.07) is 0. The molecule has 2 heterocycles. The summed E-state index contributed by atoms with van der Waals surface area (Å²) >= 11 is 1.05. The lowest BCUT2D eigenvalue weighted by atomic mass is 10.3. The van der Waals surface area contributed by atoms with Gasteiger partial charge in [-0.25, -0.2) is 0 Å². The molecular weight excluding hydrogens is 202 g/mol. The van der Waals surface area contributed by atoms with Crippen molar-refractivity contribution in [3.63, 3.8) is 0 Å². The largest absolute Gasteiger partial charge is 0.306 e. The highest BCUT2D eigenvalue weighted by Gasteiger charge is 2.10. The summed E-state index contributed by atoms with van der Waals surface area (Å²) in [5, 5.41) is 12.7. The normalized spacial score (nSPS) is 10.1. The molecule has 0 aliphatic rings. The van der Waals surface area contributed by atoms with E-state index in [0.717, 1.165) is 17.1 Å². The maximum atomic E-state index is 11.5. The third-order valence-electron chi connectivity index (χ3n) is 1.65. The van der Waals surface area contributed by atoms with Crippen LogP contribution >= 0.6 is 11.5 Å². The van der Waals surface area contributed by atoms with Crippen LogP contribution in [0.25, 0.3) is 0 Å². The van der Waals surface area contributed by atoms with Crippen molar-refractivity contribution >= 4 is 23.3 Å². The summed E-state index contributed by atoms with van der Waals surface area (Å²) in [5.41, 5.74) is 0.885. The lowest BCUT2D eigenvalue weighted by Crippen LogP contribution is -2.11. The molecule has 0 unspecified atom stereocenters. The van der Waals surface area contributed by atoms with Crippen LogP contribution in [0.5, 0.6) is 0 Å². The van der Waals surface area contributed by atoms with Crippen LogP contribution in [0.15, 0.2) is 12.4 Å². The number of aryl methyl sites for hydroxylation is 1. The molecule has 0 saturated carbocycles. The molecule has 0 aliphatic carbocycles. The first-order valence-corrected chi connectivity index (χ1v) is 4.63. The first-order valence-electron chi connectivity index (χ1n) is 3.86. The van der Waals surface area contributed by atoms with E-state index >= 15 is 0 Å². The Balaban J connectivity index is 2.13. The molecule has 2 N–H and O–H groups in total. The highest BCUT2D eigenvalue weighted by atomic mass is 32.1. The van der Waals surface area contributed by atoms with E-state index in [2.05, 4.69) is 25.1 Å². The Labute approximate surface area is 83.5 Å². The van der Waals surface area contributed by atoms with Crippen LogP contribution in [0.3, 0.4) is 0 Å². The topological polar surface area (TPSA) is 83.6 Å². The molecule has 0 aliphatic heterocycles. The summed E-state index contributed by atoms with van der Waals surface area (Å²) in [7, 11) is 0. The zero-order chi connectivity index (χ0) is 9.97. The minimum atomic E-state index is -0.229. The van der Waals surface area contributed by atoms with Crippen LogP contribution in [-0.4, -0.2) is 25.7 Å². The van der Waals surface area contributed by atoms with Gasteiger partial charge in [-0.05, 0) is 18.5 Å². The fourth-order valence-corrected chi connectivity index (χ4v) is 1.33. The van der Waals surface area contributed by atoms with Crippen molar-refractivity contribution in [3.05, 3.63) is 22.8 Å². The number of carbonyl (C=O) groups is 1. The van der Waals surface area contributed by atoms with Gasteiger partial charge in [-0.1, -0.05) is 4.49 Å². The molecule has 7 heteroatoms. The molecule has 14 heavy (non-hydrogen) atoms. The van der Waals surface area contributed by atoms with E-state index < -0.39 is 0 Å². The Morgan fingerprint density at radius 3 is 3.00 bits per heavy atom. The van der Waals surface area contributed by atoms with Crippen LogP contribution in [0, 0.1) is 6.92 Å². The van der Waals surface area contributed by atoms with Crippen molar-refractivity contribution in [2.75, 3.05) is 5.32 Å². The van der Waals surface area contributed by atoms with E-state index in [1.165, 1.54) is 6.20 Å². The van der Waals surface area contributed by atoms with Gasteiger partial charge in [0.25, 0.3) is 5.91 Å². The monoisotopic (exact) mass is 209 g/mol. The molecule has 0 radical (unpaired) electrons. The van der Waals surface area contributed by atoms with Gasteiger partial charge in [-0.2, -0.15) is 5.10 Å². The minimum absolute atomic E-state index is 0.229. The molecule has 0 atom stereocenters. The second-order valence-electron chi connectivity index (χ2n) is 2.66. The minimum Gasteiger partial charge on any atom is -0.306 e. The Bertz CT molecular complexity index is 435. The fraction of sp³-hybridized carbons (Fsp3) is 0.143. The zero-order valence-corrected chi connectivity index (χ0v) is 8.13. The standard InChI is InChI=1S/C7H7N5OS/c1-4-2-8-11-6(4)10-7(13)5-3-9-12-14-5/h2-3H,1H3,(H2,8,10,11,13). The molecule has 0 bridgehead atoms. The fourth-order valence-electron chi connectivity index (χ4n) is 0.915. The number of carbonyl (C=O) groups excluding carboxylic acids is 1. The van der Waals surface area contributed by atoms with E-state index in [9.17, 15) is 4.79 Å². The number of anilines is 1. The molecule has 2 aromatic heterocycles. The third kappa shape index (κ3) is 1.62. The summed E-state index contributed by atoms with van der Waals surface area (Å²) in [6.07, 6.45) is 3.06. The second kappa shape index (κ2) is 3.54. The first kappa shape index (κ1) is 8.82. The van der Waals surface area contributed by atoms with Gasteiger partial charge in [-0.3, -0.25) is 9.89 Å². The molecule has 0 aromatic carbocycles. The molecule has 2 aromatic rings. The smallest absolute Gasteiger partial charge is 0.270 e. The molecule has 72 valence electrons. The molecular formula is C7H7N5OS. The Morgan fingerprint density at radius 2 is 2.43 bits per heavy atom. The van der Waals surface area contributed by atoms with Crippen molar-refractivity contribution < 1.29 is 4.79 Å². The number of nitrogens with one attached hydrogen (secondary N) is 2. The molecule has 0 spiro atoms. The number of hydrogen-bond donors (Lipinski definition) is 2. The average Bonchev–Trinajstić information content (AvgIpc) is 2.77. The van der Waals surface area contributed by atoms with Gasteiger partial charge < -0.3 is 5.32 Å². The van der Waals surface area contributed by atoms with Crippen LogP contribution < -0.4 is 5.32 Å². The summed E-state index contributed by atoms with van der Waals surface area (Å²) in [5.74, 6) is 0.371. The van der Waals surface area contributed by atoms with Gasteiger partial charge in [0, 0.05) is 5.56 Å². The van der Waals surface area contributed by atoms with Crippen LogP contribution in [-0.2, 0) is 0 Å². The Kier molecular flexibility index (Phi) is 2.23. The molecule has 0 fully saturated rings. The van der Waals surface area contributed by atoms with Gasteiger partial charge in [0.2, 0.25) is 0 Å². The van der Waals surface area contributed by atoms with Gasteiger partial charge >= 0.3 is 0 Å². The number of rotatable bonds is 2. The number of nitrogens with zero attached hydrogens (tertiary/aromatic N) is 3. The van der Waals surface area contributed by atoms with Crippen molar-refractivity contribution in [2.24, 2.45) is 0 Å². The van der Waals surface area contributed by atoms with Gasteiger partial charge in [0.1, 0.15) is 10.7 Å². The predicted octanol–water partition coefficient (Wildman–Crippen LogP) is 0.822. The first-order chi connectivity index (χ1) is 6.77. The van der Waals surface area contributed by atoms with Crippen molar-refractivity contribution in [2.45, 2.75) is 6.92 Å². The summed E-state index contributed by atoms with van der Waals surface area (Å²) in [4.78, 5) is 12.0. The molecule has 1 amide bonds. The maximum absolute atomic E-state index is 11.5. The quantitative estimate of drug-likeness (QED) is 0.767. The molecule has 2 rings (SSSR count). The number of H-pyrrole nitrogens is 1. The van der Waals surface area contributed by atoms with Gasteiger partial charge in [-0.15, -0.1) is 5.10 Å². The third-order valence-corrected chi connectivity index (χ3v) is 2.32. The van der Waals surface area contributed by atoms with Crippen molar-refractivity contribution in [3.8, 4) is 0 Å². The summed E-state index contributed by atoms with van der Waals surface area (Å²) < 4.78 is 3.60. The summed E-state index contributed by atoms with van der Waals surface area (Å²) in [6.45, 7) is 1.85. The van der Waals surface area contributed by atoms with E-state index in [1.807, 2.05) is 6.92 Å². The van der Waals surface area contributed by atoms with Gasteiger partial charge in [0.15, 0.2) is 0 Å². The van der Waals surface area contributed by atoms with E-state index in [1.54, 1.807) is 6.20 Å². The highest BCUT2D eigenvalue weighted by molar-refractivity contribution is 7.07. The predicted molar refractivity (Wildman–Crippen MR) is 51.2 cm³/mol. The molecule has 6 nitrogen and oxygen atoms in total. The van der Waals surface area contributed by atoms with Crippen LogP contribution in [0.4, 0.5) is 5.82 Å². The van der Waals surface area contributed by atoms with Crippen molar-refractivity contribution in [1.29, 1.82) is 0 Å². The van der Waals surface area contributed by atoms with E-state index in [0.29, 0.717) is 10.7 Å². The second-order valence-corrected chi connectivity index (χ2v) is 3.45. The average molecular weight is 209 g/mol. The Hall–Kier alpha value is -1.76. The van der Waals surface area contributed by atoms with Crippen molar-refractivity contribution in [1.82, 2.24) is 19.8 Å². The number of hydrogen-bond acceptors (Lipinski definition) is 5. The SMILES string of the molecule is Cc1cn[nH]c1NC(=O)c1cnns1. The van der Waals surface area contributed by atoms with Crippen LogP contribution in [0.2, 0.25) is 0 Å². The Morgan fingerprint density at radius 1 is 1.57 bits per heavy atom. The zero-order valence-electron chi connectivity index (χ0n) is 7.31. The lowest BCUT2D eigenvalue weighted by Gasteiger charge is -1.99. The number of aromatic nitrogens is 4. The van der Waals surface area contributed by atoms with E-state index in [-0.39, 0.29) is 5.91 Å².